The summed E-state index contributed by atoms with van der Waals surface area (Å²) in [5, 5.41) is 0. The van der Waals surface area contributed by atoms with E-state index < -0.39 is 0 Å². The van der Waals surface area contributed by atoms with Gasteiger partial charge in [0.25, 0.3) is 0 Å². The predicted molar refractivity (Wildman–Crippen MR) is 60.5 cm³/mol. The molecule has 1 aromatic carbocycles. The van der Waals surface area contributed by atoms with Crippen molar-refractivity contribution in [2.75, 3.05) is 28.2 Å². The Morgan fingerprint density at radius 2 is 1.36 bits per heavy atom. The van der Waals surface area contributed by atoms with Crippen LogP contribution in [0.15, 0.2) is 36.9 Å². The van der Waals surface area contributed by atoms with Gasteiger partial charge in [0.1, 0.15) is 0 Å². The van der Waals surface area contributed by atoms with Gasteiger partial charge in [-0.05, 0) is 5.56 Å². The van der Waals surface area contributed by atoms with Crippen LogP contribution in [0.25, 0.3) is 6.08 Å². The van der Waals surface area contributed by atoms with Gasteiger partial charge in [0, 0.05) is 0 Å². The van der Waals surface area contributed by atoms with Gasteiger partial charge < -0.3 is 16.9 Å². The third-order valence-corrected chi connectivity index (χ3v) is 1.04. The molecular formula is C12H20ClN. The van der Waals surface area contributed by atoms with Crippen molar-refractivity contribution in [3.63, 3.8) is 0 Å². The van der Waals surface area contributed by atoms with Crippen LogP contribution in [-0.4, -0.2) is 32.7 Å². The molecule has 0 aliphatic heterocycles. The molecule has 0 bridgehead atoms. The Kier molecular flexibility index (Phi) is 8.51. The quantitative estimate of drug-likeness (QED) is 0.560. The van der Waals surface area contributed by atoms with Crippen molar-refractivity contribution in [3.8, 4) is 0 Å². The van der Waals surface area contributed by atoms with Crippen LogP contribution < -0.4 is 12.4 Å². The van der Waals surface area contributed by atoms with Gasteiger partial charge in [-0.1, -0.05) is 43.0 Å². The van der Waals surface area contributed by atoms with Crippen LogP contribution in [0.2, 0.25) is 0 Å². The molecule has 0 amide bonds. The fourth-order valence-electron chi connectivity index (χ4n) is 0.589. The Balaban J connectivity index is 0. The van der Waals surface area contributed by atoms with Crippen molar-refractivity contribution in [2.45, 2.75) is 0 Å². The molecule has 0 aromatic heterocycles. The molecule has 0 aliphatic carbocycles. The molecule has 0 spiro atoms. The zero-order chi connectivity index (χ0) is 10.3. The Hall–Kier alpha value is -0.790. The summed E-state index contributed by atoms with van der Waals surface area (Å²) in [7, 11) is 8.50. The van der Waals surface area contributed by atoms with E-state index in [-0.39, 0.29) is 12.4 Å². The third kappa shape index (κ3) is 13.8. The summed E-state index contributed by atoms with van der Waals surface area (Å²) in [6.45, 7) is 3.63. The summed E-state index contributed by atoms with van der Waals surface area (Å²) in [6.07, 6.45) is 1.83. The van der Waals surface area contributed by atoms with Gasteiger partial charge in [-0.3, -0.25) is 0 Å². The number of halogens is 1. The van der Waals surface area contributed by atoms with Crippen LogP contribution in [0, 0.1) is 0 Å². The first-order valence-corrected chi connectivity index (χ1v) is 4.40. The molecule has 0 N–H and O–H groups in total. The summed E-state index contributed by atoms with van der Waals surface area (Å²) >= 11 is 0. The molecule has 0 atom stereocenters. The summed E-state index contributed by atoms with van der Waals surface area (Å²) < 4.78 is 1.00. The molecule has 0 unspecified atom stereocenters. The Bertz CT molecular complexity index is 230. The van der Waals surface area contributed by atoms with E-state index in [9.17, 15) is 0 Å². The van der Waals surface area contributed by atoms with E-state index in [1.54, 1.807) is 0 Å². The largest absolute Gasteiger partial charge is 1.00 e. The summed E-state index contributed by atoms with van der Waals surface area (Å²) in [5.74, 6) is 0. The maximum absolute atomic E-state index is 3.63. The van der Waals surface area contributed by atoms with Gasteiger partial charge in [-0.25, -0.2) is 0 Å². The topological polar surface area (TPSA) is 0 Å². The highest BCUT2D eigenvalue weighted by molar-refractivity contribution is 5.45. The second kappa shape index (κ2) is 7.60. The minimum Gasteiger partial charge on any atom is -1.00 e. The standard InChI is InChI=1S/C8H8.C4H12N.ClH/c1-2-8-6-4-3-5-7-8;1-5(2,3)4;/h2-7H,1H2;1-4H3;1H/q;+1;/p-1. The lowest BCUT2D eigenvalue weighted by Crippen LogP contribution is -3.00. The highest BCUT2D eigenvalue weighted by atomic mass is 35.5. The number of hydrogen-bond acceptors (Lipinski definition) is 0. The summed E-state index contributed by atoms with van der Waals surface area (Å²) in [4.78, 5) is 0. The molecule has 0 aliphatic rings. The molecule has 1 rings (SSSR count). The van der Waals surface area contributed by atoms with Crippen molar-refractivity contribution in [3.05, 3.63) is 42.5 Å². The average Bonchev–Trinajstić information content (AvgIpc) is 2.03. The number of quaternary nitrogens is 1. The van der Waals surface area contributed by atoms with Crippen molar-refractivity contribution in [2.24, 2.45) is 0 Å². The van der Waals surface area contributed by atoms with Crippen LogP contribution in [0.4, 0.5) is 0 Å². The normalized spacial score (nSPS) is 9.14. The van der Waals surface area contributed by atoms with Gasteiger partial charge in [0.05, 0.1) is 28.2 Å². The zero-order valence-electron chi connectivity index (χ0n) is 9.50. The van der Waals surface area contributed by atoms with E-state index in [0.717, 1.165) is 4.48 Å². The molecule has 0 saturated carbocycles. The third-order valence-electron chi connectivity index (χ3n) is 1.04. The monoisotopic (exact) mass is 213 g/mol. The molecular weight excluding hydrogens is 194 g/mol. The molecule has 0 heterocycles. The summed E-state index contributed by atoms with van der Waals surface area (Å²) in [6, 6.07) is 10.0. The molecule has 0 fully saturated rings. The van der Waals surface area contributed by atoms with Crippen molar-refractivity contribution in [1.82, 2.24) is 0 Å². The zero-order valence-corrected chi connectivity index (χ0v) is 10.3. The second-order valence-electron chi connectivity index (χ2n) is 4.30. The first-order valence-electron chi connectivity index (χ1n) is 4.40. The Morgan fingerprint density at radius 3 is 1.57 bits per heavy atom. The predicted octanol–water partition coefficient (Wildman–Crippen LogP) is -0.344. The van der Waals surface area contributed by atoms with Crippen LogP contribution in [-0.2, 0) is 0 Å². The Morgan fingerprint density at radius 1 is 1.00 bits per heavy atom. The summed E-state index contributed by atoms with van der Waals surface area (Å²) in [5.41, 5.74) is 1.17. The first kappa shape index (κ1) is 15.7. The molecule has 0 radical (unpaired) electrons. The van der Waals surface area contributed by atoms with Gasteiger partial charge >= 0.3 is 0 Å². The average molecular weight is 214 g/mol. The van der Waals surface area contributed by atoms with E-state index in [4.69, 9.17) is 0 Å². The van der Waals surface area contributed by atoms with Gasteiger partial charge in [0.2, 0.25) is 0 Å². The van der Waals surface area contributed by atoms with Crippen molar-refractivity contribution in [1.29, 1.82) is 0 Å². The first-order chi connectivity index (χ1) is 5.93. The molecule has 1 aromatic rings. The van der Waals surface area contributed by atoms with E-state index in [2.05, 4.69) is 34.8 Å². The SMILES string of the molecule is C=Cc1ccccc1.C[N+](C)(C)C.[Cl-]. The lowest BCUT2D eigenvalue weighted by molar-refractivity contribution is -0.849. The lowest BCUT2D eigenvalue weighted by Gasteiger charge is -2.14. The Labute approximate surface area is 94.1 Å². The number of benzene rings is 1. The molecule has 80 valence electrons. The maximum atomic E-state index is 3.63. The van der Waals surface area contributed by atoms with Crippen LogP contribution in [0.5, 0.6) is 0 Å². The molecule has 0 saturated heterocycles. The number of nitrogens with zero attached hydrogens (tertiary/aromatic N) is 1. The van der Waals surface area contributed by atoms with E-state index >= 15 is 0 Å². The molecule has 1 nitrogen and oxygen atoms in total. The van der Waals surface area contributed by atoms with Gasteiger partial charge in [-0.15, -0.1) is 0 Å². The second-order valence-corrected chi connectivity index (χ2v) is 4.30. The number of hydrogen-bond donors (Lipinski definition) is 0. The van der Waals surface area contributed by atoms with Crippen LogP contribution in [0.1, 0.15) is 5.56 Å². The fraction of sp³-hybridized carbons (Fsp3) is 0.333. The maximum Gasteiger partial charge on any atom is 0.0675 e. The fourth-order valence-corrected chi connectivity index (χ4v) is 0.589. The highest BCUT2D eigenvalue weighted by Crippen LogP contribution is 1.97. The van der Waals surface area contributed by atoms with Crippen molar-refractivity contribution >= 4 is 6.08 Å². The van der Waals surface area contributed by atoms with E-state index in [0.29, 0.717) is 0 Å². The van der Waals surface area contributed by atoms with E-state index in [1.807, 2.05) is 36.4 Å². The lowest BCUT2D eigenvalue weighted by atomic mass is 10.2. The van der Waals surface area contributed by atoms with Gasteiger partial charge in [0.15, 0.2) is 0 Å². The van der Waals surface area contributed by atoms with Gasteiger partial charge in [-0.2, -0.15) is 0 Å². The smallest absolute Gasteiger partial charge is 0.0675 e. The van der Waals surface area contributed by atoms with Crippen molar-refractivity contribution < 1.29 is 16.9 Å². The minimum absolute atomic E-state index is 0. The van der Waals surface area contributed by atoms with Crippen LogP contribution >= 0.6 is 0 Å². The number of rotatable bonds is 1. The molecule has 14 heavy (non-hydrogen) atoms. The highest BCUT2D eigenvalue weighted by Gasteiger charge is 1.88. The van der Waals surface area contributed by atoms with E-state index in [1.165, 1.54) is 5.56 Å². The van der Waals surface area contributed by atoms with Crippen LogP contribution in [0.3, 0.4) is 0 Å². The minimum atomic E-state index is 0. The molecule has 2 heteroatoms.